The summed E-state index contributed by atoms with van der Waals surface area (Å²) in [5.41, 5.74) is 5.33. The van der Waals surface area contributed by atoms with Gasteiger partial charge in [0.15, 0.2) is 0 Å². The van der Waals surface area contributed by atoms with Gasteiger partial charge in [-0.15, -0.1) is 11.3 Å². The first-order chi connectivity index (χ1) is 9.45. The highest BCUT2D eigenvalue weighted by atomic mass is 32.1. The number of nitrogens with two attached hydrogens (primary N) is 1. The van der Waals surface area contributed by atoms with E-state index in [1.54, 1.807) is 0 Å². The van der Waals surface area contributed by atoms with Crippen molar-refractivity contribution in [3.05, 3.63) is 21.9 Å². The minimum Gasteiger partial charge on any atom is -0.351 e. The van der Waals surface area contributed by atoms with Crippen LogP contribution < -0.4 is 11.1 Å². The molecule has 0 saturated carbocycles. The normalized spacial score (nSPS) is 10.8. The van der Waals surface area contributed by atoms with E-state index in [9.17, 15) is 4.79 Å². The average molecular weight is 292 g/mol. The minimum absolute atomic E-state index is 0.0119. The largest absolute Gasteiger partial charge is 0.351 e. The number of rotatable bonds is 5. The minimum atomic E-state index is -0.0119. The Morgan fingerprint density at radius 2 is 1.95 bits per heavy atom. The van der Waals surface area contributed by atoms with Gasteiger partial charge >= 0.3 is 0 Å². The van der Waals surface area contributed by atoms with Gasteiger partial charge in [-0.2, -0.15) is 0 Å². The molecule has 3 nitrogen and oxygen atoms in total. The monoisotopic (exact) mass is 292 g/mol. The molecule has 1 rings (SSSR count). The van der Waals surface area contributed by atoms with Crippen molar-refractivity contribution in [1.82, 2.24) is 5.32 Å². The van der Waals surface area contributed by atoms with E-state index in [0.717, 1.165) is 11.4 Å². The van der Waals surface area contributed by atoms with Crippen LogP contribution in [0.1, 0.15) is 42.2 Å². The van der Waals surface area contributed by atoms with Gasteiger partial charge in [-0.3, -0.25) is 4.79 Å². The zero-order valence-corrected chi connectivity index (χ0v) is 13.5. The van der Waals surface area contributed by atoms with Crippen molar-refractivity contribution in [2.45, 2.75) is 27.7 Å². The lowest BCUT2D eigenvalue weighted by atomic mass is 9.85. The molecule has 0 unspecified atom stereocenters. The second-order valence-electron chi connectivity index (χ2n) is 5.53. The van der Waals surface area contributed by atoms with Gasteiger partial charge in [-0.05, 0) is 29.9 Å². The lowest BCUT2D eigenvalue weighted by molar-refractivity contribution is 0.0941. The van der Waals surface area contributed by atoms with Gasteiger partial charge < -0.3 is 11.1 Å². The lowest BCUT2D eigenvalue weighted by Gasteiger charge is -2.24. The van der Waals surface area contributed by atoms with Crippen LogP contribution in [-0.2, 0) is 0 Å². The summed E-state index contributed by atoms with van der Waals surface area (Å²) in [6, 6.07) is 3.69. The van der Waals surface area contributed by atoms with Crippen LogP contribution in [0.3, 0.4) is 0 Å². The van der Waals surface area contributed by atoms with Crippen LogP contribution in [0.25, 0.3) is 0 Å². The van der Waals surface area contributed by atoms with Crippen LogP contribution in [0.2, 0.25) is 0 Å². The third kappa shape index (κ3) is 4.99. The van der Waals surface area contributed by atoms with Crippen molar-refractivity contribution in [3.63, 3.8) is 0 Å². The Hall–Kier alpha value is -1.31. The maximum Gasteiger partial charge on any atom is 0.261 e. The van der Waals surface area contributed by atoms with E-state index in [1.807, 2.05) is 12.1 Å². The maximum atomic E-state index is 12.1. The van der Waals surface area contributed by atoms with Gasteiger partial charge in [0.05, 0.1) is 16.3 Å². The molecule has 20 heavy (non-hydrogen) atoms. The van der Waals surface area contributed by atoms with Crippen molar-refractivity contribution in [2.24, 2.45) is 23.5 Å². The number of nitrogens with one attached hydrogen (secondary N) is 1. The maximum absolute atomic E-state index is 12.1. The average Bonchev–Trinajstić information content (AvgIpc) is 2.84. The topological polar surface area (TPSA) is 55.1 Å². The number of amides is 1. The smallest absolute Gasteiger partial charge is 0.261 e. The van der Waals surface area contributed by atoms with Crippen LogP contribution in [0.4, 0.5) is 0 Å². The number of carbonyl (C=O) groups is 1. The quantitative estimate of drug-likeness (QED) is 0.820. The van der Waals surface area contributed by atoms with E-state index in [1.165, 1.54) is 11.3 Å². The third-order valence-electron chi connectivity index (χ3n) is 3.35. The predicted molar refractivity (Wildman–Crippen MR) is 85.8 cm³/mol. The summed E-state index contributed by atoms with van der Waals surface area (Å²) in [7, 11) is 0. The molecule has 0 aliphatic carbocycles. The molecule has 0 radical (unpaired) electrons. The molecule has 0 atom stereocenters. The molecule has 0 aliphatic heterocycles. The van der Waals surface area contributed by atoms with Gasteiger partial charge in [-0.1, -0.05) is 39.5 Å². The standard InChI is InChI=1S/C16H24N2OS/c1-11(2)14(12(3)4)10-18-16(19)15-8-7-13(20-15)6-5-9-17/h7-8,11-12,14H,9-10,17H2,1-4H3,(H,18,19). The zero-order chi connectivity index (χ0) is 15.1. The van der Waals surface area contributed by atoms with Gasteiger partial charge in [0.25, 0.3) is 5.91 Å². The Balaban J connectivity index is 2.60. The van der Waals surface area contributed by atoms with Crippen LogP contribution in [-0.4, -0.2) is 19.0 Å². The third-order valence-corrected chi connectivity index (χ3v) is 4.35. The first-order valence-corrected chi connectivity index (χ1v) is 7.84. The SMILES string of the molecule is CC(C)C(CNC(=O)c1ccc(C#CCN)s1)C(C)C. The van der Waals surface area contributed by atoms with Gasteiger partial charge in [0.2, 0.25) is 0 Å². The zero-order valence-electron chi connectivity index (χ0n) is 12.7. The Morgan fingerprint density at radius 1 is 1.30 bits per heavy atom. The highest BCUT2D eigenvalue weighted by Crippen LogP contribution is 2.20. The number of carbonyl (C=O) groups excluding carboxylic acids is 1. The van der Waals surface area contributed by atoms with Crippen molar-refractivity contribution in [2.75, 3.05) is 13.1 Å². The molecule has 0 fully saturated rings. The van der Waals surface area contributed by atoms with Gasteiger partial charge in [0, 0.05) is 6.54 Å². The molecule has 4 heteroatoms. The molecule has 1 aromatic rings. The fourth-order valence-electron chi connectivity index (χ4n) is 2.20. The number of thiophene rings is 1. The van der Waals surface area contributed by atoms with Crippen LogP contribution in [0, 0.1) is 29.6 Å². The fourth-order valence-corrected chi connectivity index (χ4v) is 3.00. The number of hydrogen-bond donors (Lipinski definition) is 2. The number of hydrogen-bond acceptors (Lipinski definition) is 3. The van der Waals surface area contributed by atoms with Crippen molar-refractivity contribution < 1.29 is 4.79 Å². The molecule has 3 N–H and O–H groups in total. The van der Waals surface area contributed by atoms with Crippen molar-refractivity contribution in [1.29, 1.82) is 0 Å². The van der Waals surface area contributed by atoms with Gasteiger partial charge in [0.1, 0.15) is 0 Å². The molecule has 0 aromatic carbocycles. The summed E-state index contributed by atoms with van der Waals surface area (Å²) < 4.78 is 0. The van der Waals surface area contributed by atoms with E-state index >= 15 is 0 Å². The summed E-state index contributed by atoms with van der Waals surface area (Å²) in [6.45, 7) is 9.84. The van der Waals surface area contributed by atoms with E-state index in [0.29, 0.717) is 29.2 Å². The molecular weight excluding hydrogens is 268 g/mol. The molecular formula is C16H24N2OS. The van der Waals surface area contributed by atoms with E-state index < -0.39 is 0 Å². The Bertz CT molecular complexity index is 486. The summed E-state index contributed by atoms with van der Waals surface area (Å²) in [5.74, 6) is 7.34. The summed E-state index contributed by atoms with van der Waals surface area (Å²) in [6.07, 6.45) is 0. The Kier molecular flexibility index (Phi) is 6.77. The molecule has 0 aliphatic rings. The first-order valence-electron chi connectivity index (χ1n) is 7.02. The summed E-state index contributed by atoms with van der Waals surface area (Å²) in [5, 5.41) is 3.03. The van der Waals surface area contributed by atoms with Crippen LogP contribution >= 0.6 is 11.3 Å². The van der Waals surface area contributed by atoms with E-state index in [-0.39, 0.29) is 5.91 Å². The van der Waals surface area contributed by atoms with E-state index in [4.69, 9.17) is 5.73 Å². The molecule has 110 valence electrons. The Labute approximate surface area is 126 Å². The van der Waals surface area contributed by atoms with Crippen molar-refractivity contribution >= 4 is 17.2 Å². The van der Waals surface area contributed by atoms with Crippen molar-refractivity contribution in [3.8, 4) is 11.8 Å². The van der Waals surface area contributed by atoms with Crippen LogP contribution in [0.5, 0.6) is 0 Å². The Morgan fingerprint density at radius 3 is 2.50 bits per heavy atom. The molecule has 0 saturated heterocycles. The van der Waals surface area contributed by atoms with Crippen LogP contribution in [0.15, 0.2) is 12.1 Å². The van der Waals surface area contributed by atoms with Gasteiger partial charge in [-0.25, -0.2) is 0 Å². The predicted octanol–water partition coefficient (Wildman–Crippen LogP) is 2.72. The highest BCUT2D eigenvalue weighted by molar-refractivity contribution is 7.14. The molecule has 1 heterocycles. The first kappa shape index (κ1) is 16.7. The highest BCUT2D eigenvalue weighted by Gasteiger charge is 2.19. The fraction of sp³-hybridized carbons (Fsp3) is 0.562. The van der Waals surface area contributed by atoms with E-state index in [2.05, 4.69) is 44.9 Å². The second kappa shape index (κ2) is 8.08. The molecule has 0 bridgehead atoms. The lowest BCUT2D eigenvalue weighted by Crippen LogP contribution is -2.33. The molecule has 1 amide bonds. The summed E-state index contributed by atoms with van der Waals surface area (Å²) in [4.78, 5) is 13.7. The molecule has 0 spiro atoms. The summed E-state index contributed by atoms with van der Waals surface area (Å²) >= 11 is 1.41. The molecule has 1 aromatic heterocycles. The second-order valence-corrected chi connectivity index (χ2v) is 6.62.